The van der Waals surface area contributed by atoms with Crippen molar-refractivity contribution in [1.82, 2.24) is 5.32 Å². The Hall–Kier alpha value is -2.73. The molecule has 0 heterocycles. The zero-order valence-electron chi connectivity index (χ0n) is 16.0. The van der Waals surface area contributed by atoms with Crippen LogP contribution in [0.25, 0.3) is 0 Å². The fraction of sp³-hybridized carbons (Fsp3) is 0.364. The van der Waals surface area contributed by atoms with Gasteiger partial charge in [0, 0.05) is 12.2 Å². The molecule has 1 aliphatic rings. The van der Waals surface area contributed by atoms with Crippen LogP contribution in [0.15, 0.2) is 53.5 Å². The standard InChI is InChI=1S/C22H25FN2O3/c1-2-27-13-14-28-22(25-21(26)17-9-5-10-18(23)15-17)24-20-12-6-8-16-7-3-4-11-19(16)20/h3-5,7,9-11,15,20H,2,6,8,12-14H2,1H3,(H,24,25,26)/t20-/m0/s1. The number of amides is 1. The summed E-state index contributed by atoms with van der Waals surface area (Å²) in [7, 11) is 0. The Morgan fingerprint density at radius 1 is 1.21 bits per heavy atom. The van der Waals surface area contributed by atoms with E-state index in [1.807, 2.05) is 19.1 Å². The highest BCUT2D eigenvalue weighted by atomic mass is 19.1. The molecule has 5 nitrogen and oxygen atoms in total. The third-order valence-electron chi connectivity index (χ3n) is 4.59. The molecule has 0 fully saturated rings. The summed E-state index contributed by atoms with van der Waals surface area (Å²) < 4.78 is 24.4. The van der Waals surface area contributed by atoms with Crippen LogP contribution in [0, 0.1) is 5.82 Å². The summed E-state index contributed by atoms with van der Waals surface area (Å²) >= 11 is 0. The highest BCUT2D eigenvalue weighted by Gasteiger charge is 2.21. The van der Waals surface area contributed by atoms with Crippen molar-refractivity contribution in [3.63, 3.8) is 0 Å². The SMILES string of the molecule is CCOCCOC(=N[C@H]1CCCc2ccccc21)NC(=O)c1cccc(F)c1. The van der Waals surface area contributed by atoms with Crippen molar-refractivity contribution in [2.75, 3.05) is 19.8 Å². The Bertz CT molecular complexity index is 838. The van der Waals surface area contributed by atoms with E-state index in [0.29, 0.717) is 13.2 Å². The lowest BCUT2D eigenvalue weighted by Crippen LogP contribution is -2.34. The third-order valence-corrected chi connectivity index (χ3v) is 4.59. The average Bonchev–Trinajstić information content (AvgIpc) is 2.71. The second-order valence-corrected chi connectivity index (χ2v) is 6.55. The van der Waals surface area contributed by atoms with Crippen LogP contribution in [0.5, 0.6) is 0 Å². The van der Waals surface area contributed by atoms with Crippen LogP contribution in [0.1, 0.15) is 47.3 Å². The first-order valence-corrected chi connectivity index (χ1v) is 9.60. The lowest BCUT2D eigenvalue weighted by molar-refractivity contribution is 0.0920. The Morgan fingerprint density at radius 3 is 2.89 bits per heavy atom. The number of amidine groups is 1. The van der Waals surface area contributed by atoms with E-state index in [2.05, 4.69) is 22.4 Å². The van der Waals surface area contributed by atoms with E-state index in [-0.39, 0.29) is 24.2 Å². The van der Waals surface area contributed by atoms with Gasteiger partial charge in [0.05, 0.1) is 12.6 Å². The molecule has 6 heteroatoms. The van der Waals surface area contributed by atoms with Crippen LogP contribution >= 0.6 is 0 Å². The molecule has 1 atom stereocenters. The number of rotatable bonds is 6. The Morgan fingerprint density at radius 2 is 2.07 bits per heavy atom. The van der Waals surface area contributed by atoms with Gasteiger partial charge in [0.15, 0.2) is 0 Å². The average molecular weight is 384 g/mol. The van der Waals surface area contributed by atoms with Gasteiger partial charge in [-0.1, -0.05) is 30.3 Å². The summed E-state index contributed by atoms with van der Waals surface area (Å²) in [6.07, 6.45) is 2.93. The molecular formula is C22H25FN2O3. The number of ether oxygens (including phenoxy) is 2. The minimum absolute atomic E-state index is 0.0835. The summed E-state index contributed by atoms with van der Waals surface area (Å²) in [6.45, 7) is 3.15. The van der Waals surface area contributed by atoms with Gasteiger partial charge in [0.1, 0.15) is 12.4 Å². The number of hydrogen-bond donors (Lipinski definition) is 1. The van der Waals surface area contributed by atoms with Gasteiger partial charge in [-0.25, -0.2) is 9.38 Å². The van der Waals surface area contributed by atoms with Gasteiger partial charge in [0.2, 0.25) is 0 Å². The molecule has 1 aliphatic carbocycles. The number of nitrogens with zero attached hydrogens (tertiary/aromatic N) is 1. The topological polar surface area (TPSA) is 59.9 Å². The van der Waals surface area contributed by atoms with Gasteiger partial charge < -0.3 is 9.47 Å². The number of carbonyl (C=O) groups excluding carboxylic acids is 1. The van der Waals surface area contributed by atoms with E-state index in [0.717, 1.165) is 24.8 Å². The smallest absolute Gasteiger partial charge is 0.292 e. The molecule has 0 saturated heterocycles. The first-order chi connectivity index (χ1) is 13.7. The molecule has 28 heavy (non-hydrogen) atoms. The largest absolute Gasteiger partial charge is 0.463 e. The van der Waals surface area contributed by atoms with Gasteiger partial charge in [-0.05, 0) is 55.5 Å². The van der Waals surface area contributed by atoms with E-state index in [4.69, 9.17) is 9.47 Å². The molecule has 0 radical (unpaired) electrons. The van der Waals surface area contributed by atoms with E-state index in [9.17, 15) is 9.18 Å². The fourth-order valence-corrected chi connectivity index (χ4v) is 3.25. The number of hydrogen-bond acceptors (Lipinski definition) is 4. The zero-order valence-corrected chi connectivity index (χ0v) is 16.0. The summed E-state index contributed by atoms with van der Waals surface area (Å²) in [4.78, 5) is 17.2. The van der Waals surface area contributed by atoms with Crippen molar-refractivity contribution in [1.29, 1.82) is 0 Å². The zero-order chi connectivity index (χ0) is 19.8. The number of aryl methyl sites for hydroxylation is 1. The Kier molecular flexibility index (Phi) is 7.14. The first kappa shape index (κ1) is 20.0. The molecule has 3 rings (SSSR count). The maximum Gasteiger partial charge on any atom is 0.292 e. The summed E-state index contributed by atoms with van der Waals surface area (Å²) in [5.41, 5.74) is 2.64. The van der Waals surface area contributed by atoms with Crippen molar-refractivity contribution in [3.05, 3.63) is 71.0 Å². The number of benzene rings is 2. The molecule has 1 N–H and O–H groups in total. The van der Waals surface area contributed by atoms with E-state index < -0.39 is 11.7 Å². The highest BCUT2D eigenvalue weighted by molar-refractivity contribution is 6.04. The molecule has 148 valence electrons. The maximum absolute atomic E-state index is 13.4. The third kappa shape index (κ3) is 5.39. The number of fused-ring (bicyclic) bond motifs is 1. The summed E-state index contributed by atoms with van der Waals surface area (Å²) in [5, 5.41) is 2.68. The number of nitrogens with one attached hydrogen (secondary N) is 1. The molecule has 2 aromatic rings. The molecule has 1 amide bonds. The van der Waals surface area contributed by atoms with E-state index in [1.165, 1.54) is 23.8 Å². The Balaban J connectivity index is 1.78. The predicted octanol–water partition coefficient (Wildman–Crippen LogP) is 4.04. The lowest BCUT2D eigenvalue weighted by Gasteiger charge is -2.23. The molecule has 0 spiro atoms. The maximum atomic E-state index is 13.4. The second-order valence-electron chi connectivity index (χ2n) is 6.55. The van der Waals surface area contributed by atoms with Crippen molar-refractivity contribution in [2.24, 2.45) is 4.99 Å². The quantitative estimate of drug-likeness (QED) is 0.464. The number of aliphatic imine (C=N–C) groups is 1. The van der Waals surface area contributed by atoms with Gasteiger partial charge in [-0.3, -0.25) is 10.1 Å². The minimum Gasteiger partial charge on any atom is -0.463 e. The second kappa shape index (κ2) is 9.99. The van der Waals surface area contributed by atoms with Crippen LogP contribution in [0.2, 0.25) is 0 Å². The molecule has 0 aromatic heterocycles. The van der Waals surface area contributed by atoms with Crippen LogP contribution in [0.4, 0.5) is 4.39 Å². The normalized spacial score (nSPS) is 16.4. The molecule has 2 aromatic carbocycles. The number of halogens is 1. The molecule has 0 saturated carbocycles. The van der Waals surface area contributed by atoms with Crippen LogP contribution in [-0.4, -0.2) is 31.7 Å². The first-order valence-electron chi connectivity index (χ1n) is 9.60. The van der Waals surface area contributed by atoms with Gasteiger partial charge >= 0.3 is 0 Å². The van der Waals surface area contributed by atoms with Gasteiger partial charge in [-0.2, -0.15) is 0 Å². The number of carbonyl (C=O) groups is 1. The monoisotopic (exact) mass is 384 g/mol. The Labute approximate surface area is 164 Å². The van der Waals surface area contributed by atoms with Crippen LogP contribution in [0.3, 0.4) is 0 Å². The summed E-state index contributed by atoms with van der Waals surface area (Å²) in [5.74, 6) is -0.927. The highest BCUT2D eigenvalue weighted by Crippen LogP contribution is 2.32. The van der Waals surface area contributed by atoms with Crippen molar-refractivity contribution < 1.29 is 18.7 Å². The molecule has 0 unspecified atom stereocenters. The van der Waals surface area contributed by atoms with E-state index in [1.54, 1.807) is 6.07 Å². The molecule has 0 bridgehead atoms. The van der Waals surface area contributed by atoms with Crippen LogP contribution < -0.4 is 5.32 Å². The lowest BCUT2D eigenvalue weighted by atomic mass is 9.88. The van der Waals surface area contributed by atoms with Crippen LogP contribution in [-0.2, 0) is 15.9 Å². The van der Waals surface area contributed by atoms with Gasteiger partial charge in [-0.15, -0.1) is 0 Å². The molecule has 0 aliphatic heterocycles. The molecular weight excluding hydrogens is 359 g/mol. The minimum atomic E-state index is -0.468. The van der Waals surface area contributed by atoms with Gasteiger partial charge in [0.25, 0.3) is 11.9 Å². The van der Waals surface area contributed by atoms with E-state index >= 15 is 0 Å². The van der Waals surface area contributed by atoms with Crippen molar-refractivity contribution >= 4 is 11.9 Å². The summed E-state index contributed by atoms with van der Waals surface area (Å²) in [6, 6.07) is 13.8. The van der Waals surface area contributed by atoms with Crippen molar-refractivity contribution in [2.45, 2.75) is 32.2 Å². The van der Waals surface area contributed by atoms with Crippen molar-refractivity contribution in [3.8, 4) is 0 Å². The fourth-order valence-electron chi connectivity index (χ4n) is 3.25. The predicted molar refractivity (Wildman–Crippen MR) is 106 cm³/mol.